The zero-order chi connectivity index (χ0) is 16.4. The van der Waals surface area contributed by atoms with Gasteiger partial charge in [-0.2, -0.15) is 0 Å². The number of primary sulfonamides is 1. The molecule has 0 fully saturated rings. The van der Waals surface area contributed by atoms with Crippen LogP contribution in [0.2, 0.25) is 0 Å². The molecule has 0 aliphatic rings. The van der Waals surface area contributed by atoms with Crippen molar-refractivity contribution in [1.82, 2.24) is 14.8 Å². The van der Waals surface area contributed by atoms with Crippen molar-refractivity contribution >= 4 is 15.9 Å². The van der Waals surface area contributed by atoms with Crippen molar-refractivity contribution in [2.24, 2.45) is 12.2 Å². The molecule has 0 aliphatic heterocycles. The first kappa shape index (κ1) is 17.6. The molecule has 1 amide bonds. The first-order chi connectivity index (χ1) is 9.42. The number of amides is 1. The van der Waals surface area contributed by atoms with Gasteiger partial charge in [0.15, 0.2) is 0 Å². The van der Waals surface area contributed by atoms with Gasteiger partial charge in [0.25, 0.3) is 5.91 Å². The minimum absolute atomic E-state index is 0.0416. The lowest BCUT2D eigenvalue weighted by molar-refractivity contribution is 0.0324. The van der Waals surface area contributed by atoms with Crippen molar-refractivity contribution in [3.05, 3.63) is 18.0 Å². The predicted octanol–water partition coefficient (Wildman–Crippen LogP) is -1.29. The molecule has 1 aromatic rings. The number of carbonyl (C=O) groups is 1. The fourth-order valence-corrected chi connectivity index (χ4v) is 2.59. The highest BCUT2D eigenvalue weighted by Gasteiger charge is 2.24. The molecule has 1 aromatic heterocycles. The maximum atomic E-state index is 12.0. The Morgan fingerprint density at radius 3 is 2.52 bits per heavy atom. The Kier molecular flexibility index (Phi) is 5.16. The van der Waals surface area contributed by atoms with Gasteiger partial charge in [-0.3, -0.25) is 4.79 Å². The van der Waals surface area contributed by atoms with Gasteiger partial charge in [-0.1, -0.05) is 0 Å². The zero-order valence-electron chi connectivity index (χ0n) is 12.6. The summed E-state index contributed by atoms with van der Waals surface area (Å²) in [5.41, 5.74) is -0.938. The Morgan fingerprint density at radius 1 is 1.52 bits per heavy atom. The molecule has 1 rings (SSSR count). The largest absolute Gasteiger partial charge is 0.387 e. The third-order valence-electron chi connectivity index (χ3n) is 2.83. The van der Waals surface area contributed by atoms with Crippen LogP contribution in [0.1, 0.15) is 17.4 Å². The molecule has 0 aliphatic carbocycles. The topological polar surface area (TPSA) is 118 Å². The van der Waals surface area contributed by atoms with Crippen molar-refractivity contribution in [2.45, 2.75) is 17.4 Å². The highest BCUT2D eigenvalue weighted by atomic mass is 32.2. The maximum absolute atomic E-state index is 12.0. The summed E-state index contributed by atoms with van der Waals surface area (Å²) in [5.74, 6) is -0.480. The first-order valence-electron chi connectivity index (χ1n) is 6.27. The van der Waals surface area contributed by atoms with E-state index in [4.69, 9.17) is 5.14 Å². The molecule has 9 heteroatoms. The van der Waals surface area contributed by atoms with Gasteiger partial charge in [-0.05, 0) is 27.1 Å². The molecule has 0 spiro atoms. The van der Waals surface area contributed by atoms with E-state index in [-0.39, 0.29) is 17.1 Å². The Morgan fingerprint density at radius 2 is 2.10 bits per heavy atom. The lowest BCUT2D eigenvalue weighted by Gasteiger charge is -2.27. The van der Waals surface area contributed by atoms with E-state index in [0.29, 0.717) is 6.54 Å². The number of aliphatic hydroxyl groups is 1. The molecule has 0 bridgehead atoms. The smallest absolute Gasteiger partial charge is 0.268 e. The highest BCUT2D eigenvalue weighted by molar-refractivity contribution is 7.89. The second-order valence-electron chi connectivity index (χ2n) is 5.63. The molecule has 120 valence electrons. The lowest BCUT2D eigenvalue weighted by Crippen LogP contribution is -2.47. The van der Waals surface area contributed by atoms with E-state index >= 15 is 0 Å². The van der Waals surface area contributed by atoms with Crippen LogP contribution in [0.25, 0.3) is 0 Å². The summed E-state index contributed by atoms with van der Waals surface area (Å²) < 4.78 is 23.9. The van der Waals surface area contributed by atoms with E-state index in [1.54, 1.807) is 18.9 Å². The van der Waals surface area contributed by atoms with Crippen molar-refractivity contribution in [2.75, 3.05) is 27.2 Å². The second-order valence-corrected chi connectivity index (χ2v) is 7.20. The van der Waals surface area contributed by atoms with Crippen LogP contribution < -0.4 is 10.5 Å². The first-order valence-corrected chi connectivity index (χ1v) is 7.81. The van der Waals surface area contributed by atoms with Gasteiger partial charge < -0.3 is 19.9 Å². The molecule has 1 unspecified atom stereocenters. The zero-order valence-corrected chi connectivity index (χ0v) is 13.4. The van der Waals surface area contributed by atoms with Crippen LogP contribution >= 0.6 is 0 Å². The molecule has 0 radical (unpaired) electrons. The minimum Gasteiger partial charge on any atom is -0.387 e. The molecule has 8 nitrogen and oxygen atoms in total. The van der Waals surface area contributed by atoms with Crippen molar-refractivity contribution < 1.29 is 18.3 Å². The summed E-state index contributed by atoms with van der Waals surface area (Å²) in [4.78, 5) is 13.7. The fourth-order valence-electron chi connectivity index (χ4n) is 2.01. The number of nitrogens with two attached hydrogens (primary N) is 1. The quantitative estimate of drug-likeness (QED) is 0.603. The number of hydrogen-bond acceptors (Lipinski definition) is 5. The molecule has 0 saturated carbocycles. The van der Waals surface area contributed by atoms with Gasteiger partial charge in [-0.25, -0.2) is 13.6 Å². The molecule has 0 saturated heterocycles. The Hall–Kier alpha value is -1.42. The SMILES string of the molecule is CN(C)CC(C)(O)CNC(=O)c1cc(S(N)(=O)=O)cn1C. The normalized spacial score (nSPS) is 15.0. The summed E-state index contributed by atoms with van der Waals surface area (Å²) in [7, 11) is 1.31. The third-order valence-corrected chi connectivity index (χ3v) is 3.71. The summed E-state index contributed by atoms with van der Waals surface area (Å²) >= 11 is 0. The Labute approximate surface area is 124 Å². The lowest BCUT2D eigenvalue weighted by atomic mass is 10.1. The van der Waals surface area contributed by atoms with E-state index < -0.39 is 21.5 Å². The number of likely N-dealkylation sites (N-methyl/N-ethyl adjacent to an activating group) is 1. The van der Waals surface area contributed by atoms with E-state index in [0.717, 1.165) is 0 Å². The highest BCUT2D eigenvalue weighted by Crippen LogP contribution is 2.12. The predicted molar refractivity (Wildman–Crippen MR) is 78.3 cm³/mol. The van der Waals surface area contributed by atoms with Crippen LogP contribution in [-0.2, 0) is 17.1 Å². The standard InChI is InChI=1S/C12H22N4O4S/c1-12(18,8-15(2)3)7-14-11(17)10-5-9(6-16(10)4)21(13,19)20/h5-6,18H,7-8H2,1-4H3,(H,14,17)(H2,13,19,20). The van der Waals surface area contributed by atoms with Crippen LogP contribution in [0.4, 0.5) is 0 Å². The molecule has 0 aromatic carbocycles. The molecule has 4 N–H and O–H groups in total. The van der Waals surface area contributed by atoms with Crippen molar-refractivity contribution in [3.8, 4) is 0 Å². The summed E-state index contributed by atoms with van der Waals surface area (Å²) in [5, 5.41) is 17.7. The Balaban J connectivity index is 2.80. The number of nitrogens with one attached hydrogen (secondary N) is 1. The molecular weight excluding hydrogens is 296 g/mol. The van der Waals surface area contributed by atoms with Crippen LogP contribution in [0.15, 0.2) is 17.2 Å². The van der Waals surface area contributed by atoms with Crippen LogP contribution in [0.5, 0.6) is 0 Å². The number of nitrogens with zero attached hydrogens (tertiary/aromatic N) is 2. The average Bonchev–Trinajstić information content (AvgIpc) is 2.66. The van der Waals surface area contributed by atoms with Crippen molar-refractivity contribution in [3.63, 3.8) is 0 Å². The number of carbonyl (C=O) groups excluding carboxylic acids is 1. The number of hydrogen-bond donors (Lipinski definition) is 3. The second kappa shape index (κ2) is 6.14. The van der Waals surface area contributed by atoms with E-state index in [9.17, 15) is 18.3 Å². The van der Waals surface area contributed by atoms with Crippen LogP contribution in [-0.4, -0.2) is 61.7 Å². The summed E-state index contributed by atoms with van der Waals surface area (Å²) in [6.07, 6.45) is 1.27. The molecule has 1 atom stereocenters. The van der Waals surface area contributed by atoms with Gasteiger partial charge in [-0.15, -0.1) is 0 Å². The van der Waals surface area contributed by atoms with Crippen LogP contribution in [0.3, 0.4) is 0 Å². The number of sulfonamides is 1. The molecule has 1 heterocycles. The monoisotopic (exact) mass is 318 g/mol. The summed E-state index contributed by atoms with van der Waals surface area (Å²) in [6, 6.07) is 1.20. The van der Waals surface area contributed by atoms with Gasteiger partial charge >= 0.3 is 0 Å². The summed E-state index contributed by atoms with van der Waals surface area (Å²) in [6.45, 7) is 2.02. The van der Waals surface area contributed by atoms with Gasteiger partial charge in [0.05, 0.1) is 5.60 Å². The maximum Gasteiger partial charge on any atom is 0.268 e. The average molecular weight is 318 g/mol. The number of aromatic nitrogens is 1. The van der Waals surface area contributed by atoms with Gasteiger partial charge in [0.2, 0.25) is 10.0 Å². The number of aryl methyl sites for hydroxylation is 1. The van der Waals surface area contributed by atoms with Crippen LogP contribution in [0, 0.1) is 0 Å². The minimum atomic E-state index is -3.85. The van der Waals surface area contributed by atoms with E-state index in [1.807, 2.05) is 14.1 Å². The Bertz CT molecular complexity index is 619. The van der Waals surface area contributed by atoms with Gasteiger partial charge in [0, 0.05) is 26.3 Å². The van der Waals surface area contributed by atoms with E-state index in [2.05, 4.69) is 5.32 Å². The molecule has 21 heavy (non-hydrogen) atoms. The molecular formula is C12H22N4O4S. The number of rotatable bonds is 6. The van der Waals surface area contributed by atoms with E-state index in [1.165, 1.54) is 16.8 Å². The third kappa shape index (κ3) is 5.12. The van der Waals surface area contributed by atoms with Gasteiger partial charge in [0.1, 0.15) is 10.6 Å². The fraction of sp³-hybridized carbons (Fsp3) is 0.583. The van der Waals surface area contributed by atoms with Crippen molar-refractivity contribution in [1.29, 1.82) is 0 Å².